The Labute approximate surface area is 171 Å². The van der Waals surface area contributed by atoms with Crippen molar-refractivity contribution in [1.82, 2.24) is 4.90 Å². The highest BCUT2D eigenvalue weighted by atomic mass is 32.2. The first-order valence-electron chi connectivity index (χ1n) is 9.03. The molecule has 1 aromatic carbocycles. The van der Waals surface area contributed by atoms with Crippen LogP contribution in [0.2, 0.25) is 0 Å². The summed E-state index contributed by atoms with van der Waals surface area (Å²) < 4.78 is 65.4. The largest absolute Gasteiger partial charge is 0.452 e. The fourth-order valence-corrected chi connectivity index (χ4v) is 5.22. The number of benzene rings is 1. The average molecular weight is 454 g/mol. The molecule has 1 heterocycles. The highest BCUT2D eigenvalue weighted by Gasteiger charge is 2.34. The standard InChI is InChI=1S/C18H22F3NO5S2/c1-2-3-9-22(14-8-10-29(25,26)12-14)16(23)11-27-17(24)13-4-6-15(7-5-13)28-18(19,20)21/h4-7,14H,2-3,8-12H2,1H3. The first kappa shape index (κ1) is 23.5. The van der Waals surface area contributed by atoms with Gasteiger partial charge in [0.15, 0.2) is 16.4 Å². The number of sulfone groups is 1. The van der Waals surface area contributed by atoms with E-state index in [-0.39, 0.29) is 33.7 Å². The molecule has 162 valence electrons. The molecule has 1 aliphatic rings. The summed E-state index contributed by atoms with van der Waals surface area (Å²) in [7, 11) is -3.17. The molecule has 1 fully saturated rings. The van der Waals surface area contributed by atoms with Crippen LogP contribution in [-0.2, 0) is 19.4 Å². The first-order chi connectivity index (χ1) is 13.5. The summed E-state index contributed by atoms with van der Waals surface area (Å²) in [6.45, 7) is 1.75. The molecule has 0 spiro atoms. The van der Waals surface area contributed by atoms with E-state index in [9.17, 15) is 31.2 Å². The average Bonchev–Trinajstić information content (AvgIpc) is 2.99. The van der Waals surface area contributed by atoms with E-state index in [0.717, 1.165) is 18.6 Å². The summed E-state index contributed by atoms with van der Waals surface area (Å²) in [5.41, 5.74) is -4.41. The van der Waals surface area contributed by atoms with Crippen LogP contribution in [-0.4, -0.2) is 61.4 Å². The van der Waals surface area contributed by atoms with Gasteiger partial charge in [-0.3, -0.25) is 4.79 Å². The number of unbranched alkanes of at least 4 members (excludes halogenated alkanes) is 1. The van der Waals surface area contributed by atoms with Crippen LogP contribution in [0.3, 0.4) is 0 Å². The minimum absolute atomic E-state index is 0.0212. The summed E-state index contributed by atoms with van der Waals surface area (Å²) in [6.07, 6.45) is 1.85. The van der Waals surface area contributed by atoms with E-state index < -0.39 is 39.9 Å². The zero-order valence-corrected chi connectivity index (χ0v) is 17.4. The molecule has 0 aliphatic carbocycles. The first-order valence-corrected chi connectivity index (χ1v) is 11.7. The third-order valence-corrected chi connectivity index (χ3v) is 6.86. The van der Waals surface area contributed by atoms with Gasteiger partial charge in [0, 0.05) is 17.5 Å². The second-order valence-electron chi connectivity index (χ2n) is 6.65. The van der Waals surface area contributed by atoms with Gasteiger partial charge in [0.25, 0.3) is 5.91 Å². The molecule has 0 saturated carbocycles. The van der Waals surface area contributed by atoms with Crippen molar-refractivity contribution >= 4 is 33.5 Å². The van der Waals surface area contributed by atoms with Crippen LogP contribution in [0, 0.1) is 0 Å². The van der Waals surface area contributed by atoms with Crippen molar-refractivity contribution in [3.05, 3.63) is 29.8 Å². The van der Waals surface area contributed by atoms with Crippen LogP contribution in [0.1, 0.15) is 36.5 Å². The van der Waals surface area contributed by atoms with Crippen molar-refractivity contribution in [1.29, 1.82) is 0 Å². The van der Waals surface area contributed by atoms with Crippen molar-refractivity contribution in [2.75, 3.05) is 24.7 Å². The molecule has 0 aromatic heterocycles. The number of hydrogen-bond acceptors (Lipinski definition) is 6. The summed E-state index contributed by atoms with van der Waals surface area (Å²) in [4.78, 5) is 26.0. The highest BCUT2D eigenvalue weighted by Crippen LogP contribution is 2.36. The van der Waals surface area contributed by atoms with Gasteiger partial charge in [-0.25, -0.2) is 13.2 Å². The number of ether oxygens (including phenoxy) is 1. The smallest absolute Gasteiger partial charge is 0.446 e. The minimum Gasteiger partial charge on any atom is -0.452 e. The molecule has 1 aromatic rings. The number of thioether (sulfide) groups is 1. The number of alkyl halides is 3. The molecule has 6 nitrogen and oxygen atoms in total. The van der Waals surface area contributed by atoms with Crippen LogP contribution in [0.25, 0.3) is 0 Å². The Morgan fingerprint density at radius 3 is 2.41 bits per heavy atom. The van der Waals surface area contributed by atoms with Crippen LogP contribution < -0.4 is 0 Å². The Balaban J connectivity index is 1.95. The predicted molar refractivity (Wildman–Crippen MR) is 102 cm³/mol. The van der Waals surface area contributed by atoms with Crippen molar-refractivity contribution < 1.29 is 35.9 Å². The molecule has 29 heavy (non-hydrogen) atoms. The molecule has 1 unspecified atom stereocenters. The van der Waals surface area contributed by atoms with E-state index >= 15 is 0 Å². The van der Waals surface area contributed by atoms with Gasteiger partial charge in [0.05, 0.1) is 17.1 Å². The van der Waals surface area contributed by atoms with Gasteiger partial charge in [0.1, 0.15) is 0 Å². The summed E-state index contributed by atoms with van der Waals surface area (Å²) in [5.74, 6) is -1.40. The summed E-state index contributed by atoms with van der Waals surface area (Å²) >= 11 is -0.297. The Bertz CT molecular complexity index is 825. The lowest BCUT2D eigenvalue weighted by Gasteiger charge is -2.28. The van der Waals surface area contributed by atoms with Crippen molar-refractivity contribution in [3.8, 4) is 0 Å². The molecule has 0 bridgehead atoms. The highest BCUT2D eigenvalue weighted by molar-refractivity contribution is 8.00. The molecule has 2 rings (SSSR count). The number of carbonyl (C=O) groups is 2. The molecule has 11 heteroatoms. The van der Waals surface area contributed by atoms with Crippen molar-refractivity contribution in [2.24, 2.45) is 0 Å². The Morgan fingerprint density at radius 2 is 1.90 bits per heavy atom. The van der Waals surface area contributed by atoms with E-state index in [0.29, 0.717) is 19.4 Å². The maximum Gasteiger partial charge on any atom is 0.446 e. The Hall–Kier alpha value is -1.75. The van der Waals surface area contributed by atoms with Gasteiger partial charge < -0.3 is 9.64 Å². The van der Waals surface area contributed by atoms with Crippen LogP contribution >= 0.6 is 11.8 Å². The lowest BCUT2D eigenvalue weighted by molar-refractivity contribution is -0.136. The van der Waals surface area contributed by atoms with Gasteiger partial charge in [-0.05, 0) is 48.9 Å². The van der Waals surface area contributed by atoms with Gasteiger partial charge in [-0.2, -0.15) is 13.2 Å². The summed E-state index contributed by atoms with van der Waals surface area (Å²) in [6, 6.07) is 4.25. The number of amides is 1. The van der Waals surface area contributed by atoms with E-state index in [4.69, 9.17) is 4.74 Å². The fraction of sp³-hybridized carbons (Fsp3) is 0.556. The second kappa shape index (κ2) is 9.84. The number of halogens is 3. The monoisotopic (exact) mass is 453 g/mol. The van der Waals surface area contributed by atoms with E-state index in [1.165, 1.54) is 17.0 Å². The lowest BCUT2D eigenvalue weighted by Crippen LogP contribution is -2.43. The quantitative estimate of drug-likeness (QED) is 0.444. The van der Waals surface area contributed by atoms with Gasteiger partial charge in [-0.15, -0.1) is 0 Å². The maximum atomic E-state index is 12.5. The van der Waals surface area contributed by atoms with Gasteiger partial charge in [-0.1, -0.05) is 13.3 Å². The lowest BCUT2D eigenvalue weighted by atomic mass is 10.2. The van der Waals surface area contributed by atoms with Crippen molar-refractivity contribution in [2.45, 2.75) is 42.6 Å². The third-order valence-electron chi connectivity index (χ3n) is 4.37. The number of nitrogens with zero attached hydrogens (tertiary/aromatic N) is 1. The van der Waals surface area contributed by atoms with E-state index in [1.807, 2.05) is 6.92 Å². The molecular weight excluding hydrogens is 431 g/mol. The Morgan fingerprint density at radius 1 is 1.24 bits per heavy atom. The molecule has 1 atom stereocenters. The Kier molecular flexibility index (Phi) is 7.98. The second-order valence-corrected chi connectivity index (χ2v) is 10.0. The molecular formula is C18H22F3NO5S2. The fourth-order valence-electron chi connectivity index (χ4n) is 2.95. The maximum absolute atomic E-state index is 12.5. The van der Waals surface area contributed by atoms with E-state index in [1.54, 1.807) is 0 Å². The van der Waals surface area contributed by atoms with Gasteiger partial charge >= 0.3 is 11.5 Å². The van der Waals surface area contributed by atoms with Crippen molar-refractivity contribution in [3.63, 3.8) is 0 Å². The van der Waals surface area contributed by atoms with Gasteiger partial charge in [0.2, 0.25) is 0 Å². The SMILES string of the molecule is CCCCN(C(=O)COC(=O)c1ccc(SC(F)(F)F)cc1)C1CCS(=O)(=O)C1. The zero-order chi connectivity index (χ0) is 21.7. The molecule has 0 radical (unpaired) electrons. The van der Waals surface area contributed by atoms with Crippen LogP contribution in [0.4, 0.5) is 13.2 Å². The molecule has 1 saturated heterocycles. The topological polar surface area (TPSA) is 80.8 Å². The normalized spacial score (nSPS) is 18.4. The molecule has 1 amide bonds. The number of hydrogen-bond donors (Lipinski definition) is 0. The number of rotatable bonds is 8. The minimum atomic E-state index is -4.43. The number of esters is 1. The summed E-state index contributed by atoms with van der Waals surface area (Å²) in [5, 5.41) is 0. The zero-order valence-electron chi connectivity index (χ0n) is 15.8. The van der Waals surface area contributed by atoms with Crippen LogP contribution in [0.5, 0.6) is 0 Å². The molecule has 0 N–H and O–H groups in total. The van der Waals surface area contributed by atoms with E-state index in [2.05, 4.69) is 0 Å². The van der Waals surface area contributed by atoms with Crippen LogP contribution in [0.15, 0.2) is 29.2 Å². The third kappa shape index (κ3) is 7.54. The number of carbonyl (C=O) groups excluding carboxylic acids is 2. The predicted octanol–water partition coefficient (Wildman–Crippen LogP) is 3.27. The molecule has 1 aliphatic heterocycles.